The molecule has 11 nitrogen and oxygen atoms in total. The summed E-state index contributed by atoms with van der Waals surface area (Å²) in [5.74, 6) is -3.19. The molecule has 2 rings (SSSR count). The second-order valence-corrected chi connectivity index (χ2v) is 5.84. The molecule has 2 aliphatic rings. The fraction of sp³-hybridized carbons (Fsp3) is 0.533. The van der Waals surface area contributed by atoms with Crippen molar-refractivity contribution in [1.29, 1.82) is 0 Å². The summed E-state index contributed by atoms with van der Waals surface area (Å²) >= 11 is 0. The Bertz CT molecular complexity index is 633. The van der Waals surface area contributed by atoms with Crippen LogP contribution in [0, 0.1) is 0 Å². The van der Waals surface area contributed by atoms with Gasteiger partial charge in [0.1, 0.15) is 24.9 Å². The zero-order chi connectivity index (χ0) is 19.4. The number of nitrogens with zero attached hydrogens (tertiary/aromatic N) is 1. The monoisotopic (exact) mass is 372 g/mol. The molecule has 0 radical (unpaired) electrons. The summed E-state index contributed by atoms with van der Waals surface area (Å²) < 4.78 is 10.3. The van der Waals surface area contributed by atoms with Gasteiger partial charge in [0.25, 0.3) is 0 Å². The molecular weight excluding hydrogens is 352 g/mol. The average molecular weight is 372 g/mol. The van der Waals surface area contributed by atoms with E-state index in [-0.39, 0.29) is 5.57 Å². The van der Waals surface area contributed by atoms with Gasteiger partial charge >= 0.3 is 11.9 Å². The molecule has 0 saturated carbocycles. The highest BCUT2D eigenvalue weighted by Gasteiger charge is 2.45. The number of hydrogen-bond acceptors (Lipinski definition) is 9. The largest absolute Gasteiger partial charge is 0.479 e. The summed E-state index contributed by atoms with van der Waals surface area (Å²) in [6.45, 7) is -0.455. The van der Waals surface area contributed by atoms with Crippen molar-refractivity contribution in [3.63, 3.8) is 0 Å². The van der Waals surface area contributed by atoms with Gasteiger partial charge in [-0.15, -0.1) is 0 Å². The lowest BCUT2D eigenvalue weighted by atomic mass is 10.1. The van der Waals surface area contributed by atoms with Crippen LogP contribution in [-0.2, 0) is 23.9 Å². The molecule has 0 aromatic rings. The number of aliphatic hydroxyl groups excluding tert-OH is 3. The molecule has 6 N–H and O–H groups in total. The van der Waals surface area contributed by atoms with E-state index in [4.69, 9.17) is 25.4 Å². The second kappa shape index (κ2) is 8.27. The number of carbonyl (C=O) groups is 3. The van der Waals surface area contributed by atoms with Crippen molar-refractivity contribution in [2.45, 2.75) is 43.5 Å². The zero-order valence-electron chi connectivity index (χ0n) is 13.6. The van der Waals surface area contributed by atoms with E-state index in [0.717, 1.165) is 0 Å². The minimum atomic E-state index is -1.90. The summed E-state index contributed by atoms with van der Waals surface area (Å²) in [5, 5.41) is 37.8. The first-order valence-electron chi connectivity index (χ1n) is 7.73. The fourth-order valence-electron chi connectivity index (χ4n) is 2.49. The predicted molar refractivity (Wildman–Crippen MR) is 82.8 cm³/mol. The van der Waals surface area contributed by atoms with Crippen molar-refractivity contribution in [3.8, 4) is 0 Å². The molecule has 1 fully saturated rings. The molecule has 11 heteroatoms. The van der Waals surface area contributed by atoms with Crippen molar-refractivity contribution in [3.05, 3.63) is 24.0 Å². The van der Waals surface area contributed by atoms with Gasteiger partial charge in [-0.1, -0.05) is 6.08 Å². The zero-order valence-corrected chi connectivity index (χ0v) is 13.6. The van der Waals surface area contributed by atoms with Crippen molar-refractivity contribution in [2.75, 3.05) is 6.61 Å². The summed E-state index contributed by atoms with van der Waals surface area (Å²) in [5.41, 5.74) is 5.51. The second-order valence-electron chi connectivity index (χ2n) is 5.84. The van der Waals surface area contributed by atoms with E-state index in [1.807, 2.05) is 0 Å². The van der Waals surface area contributed by atoms with Crippen LogP contribution in [0.3, 0.4) is 0 Å². The summed E-state index contributed by atoms with van der Waals surface area (Å²) in [6.07, 6.45) is -2.64. The van der Waals surface area contributed by atoms with Crippen LogP contribution in [0.15, 0.2) is 24.0 Å². The van der Waals surface area contributed by atoms with E-state index >= 15 is 0 Å². The summed E-state index contributed by atoms with van der Waals surface area (Å²) in [6, 6.07) is 0. The minimum absolute atomic E-state index is 0.287. The average Bonchev–Trinajstić information content (AvgIpc) is 2.88. The maximum atomic E-state index is 11.5. The van der Waals surface area contributed by atoms with Gasteiger partial charge in [0.05, 0.1) is 6.42 Å². The van der Waals surface area contributed by atoms with Gasteiger partial charge in [-0.2, -0.15) is 0 Å². The Morgan fingerprint density at radius 1 is 1.35 bits per heavy atom. The maximum Gasteiger partial charge on any atom is 0.333 e. The molecule has 0 aromatic heterocycles. The standard InChI is InChI=1S/C15H20N2O9/c16-13(22)7-2-1-3-17(5-7)14-12(21)11(20)9(26-14)6-25-10(19)4-8(18)15(23)24/h1,3,5,8-9,11-12,14,18,20-21H,2,4,6H2,(H2,16,22)(H,23,24)/t8-,9+,11+,12+,14+/m0/s1. The molecule has 2 aliphatic heterocycles. The number of allylic oxidation sites excluding steroid dienone is 1. The topological polar surface area (TPSA) is 180 Å². The van der Waals surface area contributed by atoms with Crippen LogP contribution in [0.5, 0.6) is 0 Å². The van der Waals surface area contributed by atoms with Crippen LogP contribution in [0.1, 0.15) is 12.8 Å². The SMILES string of the molecule is NC(=O)C1=CN([C@@H]2O[C@H](COC(=O)C[C@H](O)C(=O)O)[C@@H](O)[C@H]2O)C=CC1. The number of primary amides is 1. The smallest absolute Gasteiger partial charge is 0.333 e. The molecule has 2 heterocycles. The number of amides is 1. The first-order chi connectivity index (χ1) is 12.2. The molecule has 0 unspecified atom stereocenters. The number of carboxylic acid groups (broad SMARTS) is 1. The Morgan fingerprint density at radius 2 is 2.04 bits per heavy atom. The van der Waals surface area contributed by atoms with E-state index in [1.165, 1.54) is 11.1 Å². The molecule has 26 heavy (non-hydrogen) atoms. The number of aliphatic hydroxyl groups is 3. The van der Waals surface area contributed by atoms with Crippen LogP contribution in [0.4, 0.5) is 0 Å². The third kappa shape index (κ3) is 4.58. The number of hydrogen-bond donors (Lipinski definition) is 5. The number of aliphatic carboxylic acids is 1. The predicted octanol–water partition coefficient (Wildman–Crippen LogP) is -2.60. The van der Waals surface area contributed by atoms with Gasteiger partial charge in [0.2, 0.25) is 5.91 Å². The van der Waals surface area contributed by atoms with Crippen molar-refractivity contribution in [1.82, 2.24) is 4.90 Å². The number of rotatable bonds is 7. The number of esters is 1. The molecule has 1 saturated heterocycles. The van der Waals surface area contributed by atoms with E-state index in [1.54, 1.807) is 12.3 Å². The third-order valence-corrected chi connectivity index (χ3v) is 3.92. The molecule has 144 valence electrons. The van der Waals surface area contributed by atoms with Crippen molar-refractivity contribution >= 4 is 17.8 Å². The molecule has 0 aromatic carbocycles. The van der Waals surface area contributed by atoms with Crippen molar-refractivity contribution in [2.24, 2.45) is 5.73 Å². The number of nitrogens with two attached hydrogens (primary N) is 1. The molecular formula is C15H20N2O9. The van der Waals surface area contributed by atoms with Gasteiger partial charge in [-0.25, -0.2) is 4.79 Å². The Labute approximate surface area is 147 Å². The number of carboxylic acids is 1. The van der Waals surface area contributed by atoms with Gasteiger partial charge in [0, 0.05) is 18.0 Å². The Kier molecular flexibility index (Phi) is 6.32. The van der Waals surface area contributed by atoms with E-state index in [0.29, 0.717) is 6.42 Å². The first-order valence-corrected chi connectivity index (χ1v) is 7.73. The lowest BCUT2D eigenvalue weighted by Crippen LogP contribution is -2.40. The van der Waals surface area contributed by atoms with E-state index < -0.39 is 61.5 Å². The van der Waals surface area contributed by atoms with Crippen LogP contribution < -0.4 is 5.73 Å². The van der Waals surface area contributed by atoms with E-state index in [9.17, 15) is 24.6 Å². The van der Waals surface area contributed by atoms with Crippen LogP contribution >= 0.6 is 0 Å². The van der Waals surface area contributed by atoms with E-state index in [2.05, 4.69) is 0 Å². The van der Waals surface area contributed by atoms with Gasteiger partial charge in [-0.3, -0.25) is 9.59 Å². The van der Waals surface area contributed by atoms with Gasteiger partial charge in [-0.05, 0) is 6.42 Å². The van der Waals surface area contributed by atoms with Crippen molar-refractivity contribution < 1.29 is 44.3 Å². The van der Waals surface area contributed by atoms with Gasteiger partial charge in [0.15, 0.2) is 12.3 Å². The maximum absolute atomic E-state index is 11.5. The highest BCUT2D eigenvalue weighted by molar-refractivity contribution is 5.92. The number of carbonyl (C=O) groups excluding carboxylic acids is 2. The lowest BCUT2D eigenvalue weighted by Gasteiger charge is -2.28. The molecule has 5 atom stereocenters. The third-order valence-electron chi connectivity index (χ3n) is 3.92. The molecule has 0 spiro atoms. The highest BCUT2D eigenvalue weighted by atomic mass is 16.6. The summed E-state index contributed by atoms with van der Waals surface area (Å²) in [7, 11) is 0. The Morgan fingerprint density at radius 3 is 2.65 bits per heavy atom. The fourth-order valence-corrected chi connectivity index (χ4v) is 2.49. The van der Waals surface area contributed by atoms with Crippen LogP contribution in [0.25, 0.3) is 0 Å². The van der Waals surface area contributed by atoms with Crippen LogP contribution in [0.2, 0.25) is 0 Å². The molecule has 0 bridgehead atoms. The van der Waals surface area contributed by atoms with Gasteiger partial charge < -0.3 is 40.5 Å². The Hall–Kier alpha value is -2.47. The quantitative estimate of drug-likeness (QED) is 0.297. The first kappa shape index (κ1) is 19.8. The normalized spacial score (nSPS) is 29.2. The minimum Gasteiger partial charge on any atom is -0.479 e. The Balaban J connectivity index is 1.94. The summed E-state index contributed by atoms with van der Waals surface area (Å²) in [4.78, 5) is 34.6. The molecule has 1 amide bonds. The molecule has 0 aliphatic carbocycles. The lowest BCUT2D eigenvalue weighted by molar-refractivity contribution is -0.159. The highest BCUT2D eigenvalue weighted by Crippen LogP contribution is 2.27. The number of ether oxygens (including phenoxy) is 2. The van der Waals surface area contributed by atoms with Crippen LogP contribution in [-0.4, -0.2) is 80.4 Å².